The molecular formula is C16H23N3O4. The topological polar surface area (TPSA) is 101 Å². The van der Waals surface area contributed by atoms with Crippen molar-refractivity contribution in [1.29, 1.82) is 0 Å². The third-order valence-corrected chi connectivity index (χ3v) is 6.39. The van der Waals surface area contributed by atoms with Gasteiger partial charge in [0, 0.05) is 17.8 Å². The number of rotatable bonds is 4. The van der Waals surface area contributed by atoms with Gasteiger partial charge in [-0.2, -0.15) is 0 Å². The Labute approximate surface area is 134 Å². The van der Waals surface area contributed by atoms with Crippen molar-refractivity contribution in [2.45, 2.75) is 57.4 Å². The lowest BCUT2D eigenvalue weighted by Gasteiger charge is -2.56. The number of carbonyl (C=O) groups excluding carboxylic acids is 2. The van der Waals surface area contributed by atoms with E-state index in [2.05, 4.69) is 10.9 Å². The largest absolute Gasteiger partial charge is 0.273 e. The van der Waals surface area contributed by atoms with Crippen LogP contribution in [0.3, 0.4) is 0 Å². The van der Waals surface area contributed by atoms with Gasteiger partial charge < -0.3 is 0 Å². The molecule has 5 fully saturated rings. The summed E-state index contributed by atoms with van der Waals surface area (Å²) < 4.78 is 0. The molecule has 0 saturated heterocycles. The lowest BCUT2D eigenvalue weighted by atomic mass is 9.49. The monoisotopic (exact) mass is 321 g/mol. The van der Waals surface area contributed by atoms with Crippen LogP contribution in [0.4, 0.5) is 0 Å². The van der Waals surface area contributed by atoms with Gasteiger partial charge in [-0.15, -0.1) is 0 Å². The second-order valence-electron chi connectivity index (χ2n) is 8.33. The average Bonchev–Trinajstić information content (AvgIpc) is 3.23. The Kier molecular flexibility index (Phi) is 3.35. The first-order valence-corrected chi connectivity index (χ1v) is 8.66. The van der Waals surface area contributed by atoms with Crippen molar-refractivity contribution in [3.05, 3.63) is 10.1 Å². The molecule has 0 aliphatic heterocycles. The molecule has 126 valence electrons. The lowest BCUT2D eigenvalue weighted by Crippen LogP contribution is -2.50. The van der Waals surface area contributed by atoms with Crippen LogP contribution >= 0.6 is 0 Å². The number of hydrazine groups is 1. The molecule has 2 amide bonds. The summed E-state index contributed by atoms with van der Waals surface area (Å²) in [7, 11) is 0. The number of hydrogen-bond acceptors (Lipinski definition) is 4. The third-order valence-electron chi connectivity index (χ3n) is 6.39. The van der Waals surface area contributed by atoms with Crippen LogP contribution in [-0.4, -0.2) is 22.8 Å². The second kappa shape index (κ2) is 5.18. The van der Waals surface area contributed by atoms with E-state index in [9.17, 15) is 19.7 Å². The minimum absolute atomic E-state index is 0.131. The molecule has 0 unspecified atom stereocenters. The summed E-state index contributed by atoms with van der Waals surface area (Å²) in [5, 5.41) is 10.6. The van der Waals surface area contributed by atoms with Crippen LogP contribution in [0.25, 0.3) is 0 Å². The summed E-state index contributed by atoms with van der Waals surface area (Å²) in [6.07, 6.45) is 8.18. The zero-order valence-corrected chi connectivity index (χ0v) is 13.1. The minimum atomic E-state index is -0.782. The predicted molar refractivity (Wildman–Crippen MR) is 80.4 cm³/mol. The molecule has 0 aromatic carbocycles. The molecule has 5 aliphatic carbocycles. The summed E-state index contributed by atoms with van der Waals surface area (Å²) >= 11 is 0. The van der Waals surface area contributed by atoms with Crippen LogP contribution in [0.2, 0.25) is 0 Å². The van der Waals surface area contributed by atoms with Gasteiger partial charge in [-0.1, -0.05) is 0 Å². The van der Waals surface area contributed by atoms with Gasteiger partial charge in [0.25, 0.3) is 0 Å². The molecule has 5 saturated carbocycles. The van der Waals surface area contributed by atoms with Crippen LogP contribution in [-0.2, 0) is 9.59 Å². The fourth-order valence-corrected chi connectivity index (χ4v) is 5.81. The summed E-state index contributed by atoms with van der Waals surface area (Å²) in [5.74, 6) is 1.18. The summed E-state index contributed by atoms with van der Waals surface area (Å²) in [4.78, 5) is 34.1. The molecule has 0 aromatic heterocycles. The predicted octanol–water partition coefficient (Wildman–Crippen LogP) is 1.41. The molecule has 7 heteroatoms. The molecule has 7 nitrogen and oxygen atoms in total. The standard InChI is InChI=1S/C16H23N3O4/c20-14(17-18-15(21)12-4-13(12)19(22)23)8-16-5-9-1-10(6-16)3-11(2-9)7-16/h9-13H,1-8H2,(H,17,20)(H,18,21)/t9?,10?,11?,12-,13-,16?/m1/s1. The molecule has 4 bridgehead atoms. The SMILES string of the molecule is O=C(CC12CC3CC(CC(C3)C1)C2)NNC(=O)[C@@H]1C[C@H]1[N+](=O)[O-]. The van der Waals surface area contributed by atoms with Crippen molar-refractivity contribution >= 4 is 11.8 Å². The fourth-order valence-electron chi connectivity index (χ4n) is 5.81. The molecule has 0 heterocycles. The van der Waals surface area contributed by atoms with Crippen molar-refractivity contribution in [3.8, 4) is 0 Å². The highest BCUT2D eigenvalue weighted by Crippen LogP contribution is 2.61. The van der Waals surface area contributed by atoms with Crippen molar-refractivity contribution in [3.63, 3.8) is 0 Å². The molecule has 23 heavy (non-hydrogen) atoms. The third kappa shape index (κ3) is 2.81. The molecular weight excluding hydrogens is 298 g/mol. The van der Waals surface area contributed by atoms with Gasteiger partial charge in [-0.25, -0.2) is 0 Å². The Morgan fingerprint density at radius 2 is 1.57 bits per heavy atom. The minimum Gasteiger partial charge on any atom is -0.273 e. The number of nitro groups is 1. The Balaban J connectivity index is 1.28. The van der Waals surface area contributed by atoms with E-state index in [-0.39, 0.29) is 17.7 Å². The van der Waals surface area contributed by atoms with E-state index in [1.54, 1.807) is 0 Å². The van der Waals surface area contributed by atoms with Gasteiger partial charge in [0.05, 0.1) is 0 Å². The van der Waals surface area contributed by atoms with Crippen LogP contribution in [0, 0.1) is 39.2 Å². The Hall–Kier alpha value is -1.66. The molecule has 2 N–H and O–H groups in total. The van der Waals surface area contributed by atoms with Crippen LogP contribution in [0.1, 0.15) is 51.4 Å². The van der Waals surface area contributed by atoms with E-state index in [0.29, 0.717) is 6.42 Å². The molecule has 0 aromatic rings. The first-order chi connectivity index (χ1) is 10.9. The highest BCUT2D eigenvalue weighted by Gasteiger charge is 2.54. The summed E-state index contributed by atoms with van der Waals surface area (Å²) in [5.41, 5.74) is 4.98. The zero-order valence-electron chi connectivity index (χ0n) is 13.1. The Morgan fingerprint density at radius 1 is 1.00 bits per heavy atom. The highest BCUT2D eigenvalue weighted by atomic mass is 16.6. The summed E-state index contributed by atoms with van der Waals surface area (Å²) in [6.45, 7) is 0. The van der Waals surface area contributed by atoms with E-state index in [4.69, 9.17) is 0 Å². The fraction of sp³-hybridized carbons (Fsp3) is 0.875. The number of hydrogen-bond donors (Lipinski definition) is 2. The van der Waals surface area contributed by atoms with E-state index >= 15 is 0 Å². The maximum absolute atomic E-state index is 12.2. The first-order valence-electron chi connectivity index (χ1n) is 8.66. The van der Waals surface area contributed by atoms with E-state index < -0.39 is 22.8 Å². The molecule has 5 rings (SSSR count). The maximum Gasteiger partial charge on any atom is 0.248 e. The molecule has 0 spiro atoms. The quantitative estimate of drug-likeness (QED) is 0.603. The second-order valence-corrected chi connectivity index (χ2v) is 8.33. The van der Waals surface area contributed by atoms with Gasteiger partial charge in [0.15, 0.2) is 0 Å². The smallest absolute Gasteiger partial charge is 0.248 e. The maximum atomic E-state index is 12.2. The van der Waals surface area contributed by atoms with Crippen LogP contribution in [0.15, 0.2) is 0 Å². The Bertz CT molecular complexity index is 526. The number of nitrogens with one attached hydrogen (secondary N) is 2. The van der Waals surface area contributed by atoms with Gasteiger partial charge in [0.2, 0.25) is 17.9 Å². The normalized spacial score (nSPS) is 43.0. The van der Waals surface area contributed by atoms with Gasteiger partial charge in [-0.05, 0) is 61.7 Å². The molecule has 0 radical (unpaired) electrons. The molecule has 5 aliphatic rings. The first kappa shape index (κ1) is 14.9. The van der Waals surface area contributed by atoms with Crippen molar-refractivity contribution in [2.75, 3.05) is 0 Å². The van der Waals surface area contributed by atoms with Gasteiger partial charge in [-0.3, -0.25) is 30.6 Å². The van der Waals surface area contributed by atoms with Crippen molar-refractivity contribution in [2.24, 2.45) is 29.1 Å². The van der Waals surface area contributed by atoms with Crippen molar-refractivity contribution in [1.82, 2.24) is 10.9 Å². The van der Waals surface area contributed by atoms with Crippen LogP contribution < -0.4 is 10.9 Å². The lowest BCUT2D eigenvalue weighted by molar-refractivity contribution is -0.497. The van der Waals surface area contributed by atoms with E-state index in [1.165, 1.54) is 19.3 Å². The average molecular weight is 321 g/mol. The number of amides is 2. The van der Waals surface area contributed by atoms with E-state index in [0.717, 1.165) is 37.0 Å². The van der Waals surface area contributed by atoms with Gasteiger partial charge >= 0.3 is 0 Å². The highest BCUT2D eigenvalue weighted by molar-refractivity contribution is 5.85. The zero-order chi connectivity index (χ0) is 16.2. The molecule has 2 atom stereocenters. The summed E-state index contributed by atoms with van der Waals surface area (Å²) in [6, 6.07) is -0.782. The van der Waals surface area contributed by atoms with Crippen LogP contribution in [0.5, 0.6) is 0 Å². The van der Waals surface area contributed by atoms with E-state index in [1.807, 2.05) is 0 Å². The Morgan fingerprint density at radius 3 is 2.04 bits per heavy atom. The number of carbonyl (C=O) groups is 2. The van der Waals surface area contributed by atoms with Gasteiger partial charge in [0.1, 0.15) is 5.92 Å². The number of nitrogens with zero attached hydrogens (tertiary/aromatic N) is 1. The van der Waals surface area contributed by atoms with Crippen molar-refractivity contribution < 1.29 is 14.5 Å².